The van der Waals surface area contributed by atoms with Crippen molar-refractivity contribution in [3.8, 4) is 0 Å². The number of nitrogens with one attached hydrogen (secondary N) is 3. The minimum Gasteiger partial charge on any atom is -0.377 e. The molecule has 0 bridgehead atoms. The van der Waals surface area contributed by atoms with Crippen molar-refractivity contribution in [2.45, 2.75) is 12.6 Å². The zero-order valence-electron chi connectivity index (χ0n) is 18.7. The first-order valence-corrected chi connectivity index (χ1v) is 10.5. The van der Waals surface area contributed by atoms with Gasteiger partial charge in [-0.2, -0.15) is 13.2 Å². The van der Waals surface area contributed by atoms with Crippen LogP contribution >= 0.6 is 0 Å². The number of nitrogens with zero attached hydrogens (tertiary/aromatic N) is 1. The summed E-state index contributed by atoms with van der Waals surface area (Å²) in [5.74, 6) is -0.328. The Kier molecular flexibility index (Phi) is 7.78. The maximum Gasteiger partial charge on any atom is 0.418 e. The Hall–Kier alpha value is -4.01. The summed E-state index contributed by atoms with van der Waals surface area (Å²) in [6.45, 7) is 0.419. The number of hydrogen-bond acceptors (Lipinski definition) is 3. The lowest BCUT2D eigenvalue weighted by Gasteiger charge is -2.19. The minimum absolute atomic E-state index is 0.265. The summed E-state index contributed by atoms with van der Waals surface area (Å²) in [7, 11) is 3.56. The molecule has 6 nitrogen and oxygen atoms in total. The molecule has 0 heterocycles. The highest BCUT2D eigenvalue weighted by atomic mass is 19.4. The number of amides is 3. The van der Waals surface area contributed by atoms with E-state index in [1.807, 2.05) is 30.3 Å². The van der Waals surface area contributed by atoms with Gasteiger partial charge < -0.3 is 20.9 Å². The number of alkyl halides is 3. The monoisotopic (exact) mass is 470 g/mol. The second-order valence-corrected chi connectivity index (χ2v) is 7.74. The molecule has 0 aromatic heterocycles. The van der Waals surface area contributed by atoms with Crippen molar-refractivity contribution in [2.24, 2.45) is 0 Å². The highest BCUT2D eigenvalue weighted by molar-refractivity contribution is 6.04. The molecule has 0 radical (unpaired) electrons. The minimum atomic E-state index is -4.61. The molecule has 3 aromatic rings. The molecular formula is C25H25F3N4O2. The molecule has 0 saturated carbocycles. The second-order valence-electron chi connectivity index (χ2n) is 7.74. The standard InChI is InChI=1S/C25H25F3N4O2/c1-32(2)22-13-12-18(16-19(22)23(33)29-15-14-17-8-4-3-5-9-17)30-24(34)31-21-11-7-6-10-20(21)25(26,27)28/h3-13,16H,14-15H2,1-2H3,(H,29,33)(H2,30,31,34). The van der Waals surface area contributed by atoms with Crippen molar-refractivity contribution >= 4 is 29.0 Å². The van der Waals surface area contributed by atoms with Gasteiger partial charge in [-0.05, 0) is 42.3 Å². The summed E-state index contributed by atoms with van der Waals surface area (Å²) in [6, 6.07) is 18.3. The number of carbonyl (C=O) groups is 2. The molecule has 0 saturated heterocycles. The van der Waals surface area contributed by atoms with Crippen LogP contribution in [0, 0.1) is 0 Å². The van der Waals surface area contributed by atoms with E-state index in [0.717, 1.165) is 11.6 Å². The molecule has 3 aromatic carbocycles. The van der Waals surface area contributed by atoms with Crippen molar-refractivity contribution < 1.29 is 22.8 Å². The van der Waals surface area contributed by atoms with Crippen molar-refractivity contribution in [3.05, 3.63) is 89.5 Å². The summed E-state index contributed by atoms with van der Waals surface area (Å²) < 4.78 is 39.5. The lowest BCUT2D eigenvalue weighted by atomic mass is 10.1. The molecule has 9 heteroatoms. The number of halogens is 3. The van der Waals surface area contributed by atoms with Gasteiger partial charge >= 0.3 is 12.2 Å². The Bertz CT molecular complexity index is 1150. The third kappa shape index (κ3) is 6.50. The van der Waals surface area contributed by atoms with Gasteiger partial charge in [0.15, 0.2) is 0 Å². The van der Waals surface area contributed by atoms with Crippen LogP contribution in [0.2, 0.25) is 0 Å². The van der Waals surface area contributed by atoms with Crippen molar-refractivity contribution in [3.63, 3.8) is 0 Å². The fraction of sp³-hybridized carbons (Fsp3) is 0.200. The van der Waals surface area contributed by atoms with E-state index >= 15 is 0 Å². The number of urea groups is 1. The predicted octanol–water partition coefficient (Wildman–Crippen LogP) is 5.39. The summed E-state index contributed by atoms with van der Waals surface area (Å²) >= 11 is 0. The van der Waals surface area contributed by atoms with E-state index in [-0.39, 0.29) is 17.3 Å². The quantitative estimate of drug-likeness (QED) is 0.434. The van der Waals surface area contributed by atoms with Crippen LogP contribution < -0.4 is 20.9 Å². The second kappa shape index (κ2) is 10.7. The van der Waals surface area contributed by atoms with Crippen LogP contribution in [-0.4, -0.2) is 32.6 Å². The molecule has 0 spiro atoms. The number of rotatable bonds is 7. The lowest BCUT2D eigenvalue weighted by molar-refractivity contribution is -0.136. The van der Waals surface area contributed by atoms with Gasteiger partial charge in [-0.25, -0.2) is 4.79 Å². The van der Waals surface area contributed by atoms with Gasteiger partial charge in [0, 0.05) is 32.0 Å². The van der Waals surface area contributed by atoms with Gasteiger partial charge in [-0.15, -0.1) is 0 Å². The zero-order valence-corrected chi connectivity index (χ0v) is 18.7. The Morgan fingerprint density at radius 3 is 2.24 bits per heavy atom. The summed E-state index contributed by atoms with van der Waals surface area (Å²) in [5.41, 5.74) is 0.989. The van der Waals surface area contributed by atoms with Crippen LogP contribution in [0.25, 0.3) is 0 Å². The third-order valence-corrected chi connectivity index (χ3v) is 5.00. The SMILES string of the molecule is CN(C)c1ccc(NC(=O)Nc2ccccc2C(F)(F)F)cc1C(=O)NCCc1ccccc1. The van der Waals surface area contributed by atoms with Gasteiger partial charge in [-0.3, -0.25) is 4.79 Å². The molecule has 3 amide bonds. The maximum atomic E-state index is 13.2. The molecule has 34 heavy (non-hydrogen) atoms. The van der Waals surface area contributed by atoms with Gasteiger partial charge in [0.2, 0.25) is 0 Å². The van der Waals surface area contributed by atoms with Crippen LogP contribution in [0.3, 0.4) is 0 Å². The number of para-hydroxylation sites is 1. The Morgan fingerprint density at radius 2 is 1.56 bits per heavy atom. The van der Waals surface area contributed by atoms with E-state index in [1.165, 1.54) is 24.3 Å². The molecule has 3 rings (SSSR count). The van der Waals surface area contributed by atoms with Crippen LogP contribution in [0.15, 0.2) is 72.8 Å². The third-order valence-electron chi connectivity index (χ3n) is 5.00. The highest BCUT2D eigenvalue weighted by Gasteiger charge is 2.33. The Labute approximate surface area is 195 Å². The van der Waals surface area contributed by atoms with E-state index < -0.39 is 17.8 Å². The van der Waals surface area contributed by atoms with Crippen LogP contribution in [-0.2, 0) is 12.6 Å². The molecule has 0 atom stereocenters. The molecule has 0 unspecified atom stereocenters. The molecule has 3 N–H and O–H groups in total. The fourth-order valence-electron chi connectivity index (χ4n) is 3.37. The number of benzene rings is 3. The van der Waals surface area contributed by atoms with E-state index in [1.54, 1.807) is 31.1 Å². The van der Waals surface area contributed by atoms with Gasteiger partial charge in [-0.1, -0.05) is 42.5 Å². The van der Waals surface area contributed by atoms with Gasteiger partial charge in [0.05, 0.1) is 16.8 Å². The Morgan fingerprint density at radius 1 is 0.882 bits per heavy atom. The first-order valence-electron chi connectivity index (χ1n) is 10.5. The highest BCUT2D eigenvalue weighted by Crippen LogP contribution is 2.34. The first-order chi connectivity index (χ1) is 16.1. The lowest BCUT2D eigenvalue weighted by Crippen LogP contribution is -2.28. The zero-order chi connectivity index (χ0) is 24.7. The average molecular weight is 470 g/mol. The van der Waals surface area contributed by atoms with Gasteiger partial charge in [0.1, 0.15) is 0 Å². The maximum absolute atomic E-state index is 13.2. The largest absolute Gasteiger partial charge is 0.418 e. The summed E-state index contributed by atoms with van der Waals surface area (Å²) in [6.07, 6.45) is -3.95. The van der Waals surface area contributed by atoms with E-state index in [4.69, 9.17) is 0 Å². The Balaban J connectivity index is 1.71. The normalized spacial score (nSPS) is 11.0. The first kappa shape index (κ1) is 24.6. The van der Waals surface area contributed by atoms with E-state index in [9.17, 15) is 22.8 Å². The smallest absolute Gasteiger partial charge is 0.377 e. The van der Waals surface area contributed by atoms with Crippen LogP contribution in [0.1, 0.15) is 21.5 Å². The van der Waals surface area contributed by atoms with Gasteiger partial charge in [0.25, 0.3) is 5.91 Å². The fourth-order valence-corrected chi connectivity index (χ4v) is 3.37. The van der Waals surface area contributed by atoms with Crippen LogP contribution in [0.4, 0.5) is 35.0 Å². The van der Waals surface area contributed by atoms with E-state index in [0.29, 0.717) is 24.2 Å². The van der Waals surface area contributed by atoms with Crippen molar-refractivity contribution in [1.29, 1.82) is 0 Å². The molecule has 0 aliphatic carbocycles. The summed E-state index contributed by atoms with van der Waals surface area (Å²) in [4.78, 5) is 27.0. The number of anilines is 3. The van der Waals surface area contributed by atoms with Crippen LogP contribution in [0.5, 0.6) is 0 Å². The average Bonchev–Trinajstić information content (AvgIpc) is 2.79. The van der Waals surface area contributed by atoms with Crippen molar-refractivity contribution in [2.75, 3.05) is 36.2 Å². The van der Waals surface area contributed by atoms with E-state index in [2.05, 4.69) is 16.0 Å². The topological polar surface area (TPSA) is 73.5 Å². The molecule has 0 fully saturated rings. The van der Waals surface area contributed by atoms with Crippen molar-refractivity contribution in [1.82, 2.24) is 5.32 Å². The predicted molar refractivity (Wildman–Crippen MR) is 127 cm³/mol. The summed E-state index contributed by atoms with van der Waals surface area (Å²) in [5, 5.41) is 7.59. The number of carbonyl (C=O) groups excluding carboxylic acids is 2. The number of hydrogen-bond donors (Lipinski definition) is 3. The molecule has 178 valence electrons. The molecule has 0 aliphatic rings. The molecule has 0 aliphatic heterocycles. The molecular weight excluding hydrogens is 445 g/mol.